The Morgan fingerprint density at radius 3 is 3.03 bits per heavy atom. The average Bonchev–Trinajstić information content (AvgIpc) is 3.00. The van der Waals surface area contributed by atoms with E-state index in [1.807, 2.05) is 12.1 Å². The Kier molecular flexibility index (Phi) is 4.32. The van der Waals surface area contributed by atoms with E-state index in [4.69, 9.17) is 14.2 Å². The molecule has 1 spiro atoms. The summed E-state index contributed by atoms with van der Waals surface area (Å²) in [6.07, 6.45) is 8.55. The zero-order valence-corrected chi connectivity index (χ0v) is 16.6. The van der Waals surface area contributed by atoms with Crippen LogP contribution in [-0.4, -0.2) is 48.8 Å². The van der Waals surface area contributed by atoms with Gasteiger partial charge in [0.15, 0.2) is 11.5 Å². The fourth-order valence-electron chi connectivity index (χ4n) is 4.84. The quantitative estimate of drug-likeness (QED) is 0.591. The van der Waals surface area contributed by atoms with Crippen LogP contribution in [0.25, 0.3) is 0 Å². The van der Waals surface area contributed by atoms with E-state index in [9.17, 15) is 4.79 Å². The van der Waals surface area contributed by atoms with Gasteiger partial charge >= 0.3 is 5.97 Å². The topological polar surface area (TPSA) is 60.9 Å². The number of rotatable bonds is 3. The van der Waals surface area contributed by atoms with E-state index in [1.165, 1.54) is 17.3 Å². The monoisotopic (exact) mass is 392 g/mol. The number of nitrogens with zero attached hydrogens (tertiary/aromatic N) is 2. The van der Waals surface area contributed by atoms with E-state index in [2.05, 4.69) is 29.1 Å². The molecule has 3 heterocycles. The summed E-state index contributed by atoms with van der Waals surface area (Å²) < 4.78 is 17.8. The van der Waals surface area contributed by atoms with Crippen molar-refractivity contribution in [3.8, 4) is 11.5 Å². The molecule has 0 bridgehead atoms. The highest BCUT2D eigenvalue weighted by molar-refractivity contribution is 5.89. The van der Waals surface area contributed by atoms with Gasteiger partial charge in [0.1, 0.15) is 12.2 Å². The summed E-state index contributed by atoms with van der Waals surface area (Å²) in [6, 6.07) is 7.58. The van der Waals surface area contributed by atoms with Gasteiger partial charge in [-0.2, -0.15) is 0 Å². The normalized spacial score (nSPS) is 27.4. The van der Waals surface area contributed by atoms with Gasteiger partial charge in [-0.1, -0.05) is 12.1 Å². The molecule has 6 heteroatoms. The molecular weight excluding hydrogens is 368 g/mol. The van der Waals surface area contributed by atoms with Crippen LogP contribution in [0.15, 0.2) is 48.8 Å². The molecule has 1 unspecified atom stereocenters. The van der Waals surface area contributed by atoms with E-state index in [-0.39, 0.29) is 23.6 Å². The molecule has 0 N–H and O–H groups in total. The fraction of sp³-hybridized carbons (Fsp3) is 0.391. The van der Waals surface area contributed by atoms with Crippen molar-refractivity contribution in [2.45, 2.75) is 37.0 Å². The van der Waals surface area contributed by atoms with Crippen LogP contribution in [0.3, 0.4) is 0 Å². The minimum absolute atomic E-state index is 0.0873. The minimum Gasteiger partial charge on any atom is -0.493 e. The number of ether oxygens (including phenoxy) is 3. The Morgan fingerprint density at radius 2 is 2.24 bits per heavy atom. The molecule has 1 aromatic carbocycles. The lowest BCUT2D eigenvalue weighted by Gasteiger charge is -2.36. The zero-order valence-electron chi connectivity index (χ0n) is 16.6. The Balaban J connectivity index is 1.48. The van der Waals surface area contributed by atoms with Gasteiger partial charge in [0.05, 0.1) is 18.1 Å². The lowest BCUT2D eigenvalue weighted by atomic mass is 9.69. The maximum atomic E-state index is 12.5. The first-order valence-electron chi connectivity index (χ1n) is 9.96. The molecule has 5 rings (SSSR count). The number of hydrogen-bond donors (Lipinski definition) is 0. The lowest BCUT2D eigenvalue weighted by molar-refractivity contribution is 0.0217. The van der Waals surface area contributed by atoms with Gasteiger partial charge in [0.25, 0.3) is 0 Å². The fourth-order valence-corrected chi connectivity index (χ4v) is 4.84. The molecule has 1 aromatic heterocycles. The third kappa shape index (κ3) is 2.90. The van der Waals surface area contributed by atoms with E-state index < -0.39 is 0 Å². The number of carbonyl (C=O) groups excluding carboxylic acids is 1. The molecule has 6 nitrogen and oxygen atoms in total. The van der Waals surface area contributed by atoms with Crippen LogP contribution in [0.5, 0.6) is 11.5 Å². The average molecular weight is 392 g/mol. The van der Waals surface area contributed by atoms with Crippen LogP contribution in [0.1, 0.15) is 34.3 Å². The number of pyridine rings is 1. The largest absolute Gasteiger partial charge is 0.493 e. The van der Waals surface area contributed by atoms with Gasteiger partial charge in [0, 0.05) is 30.9 Å². The van der Waals surface area contributed by atoms with Crippen molar-refractivity contribution in [3.63, 3.8) is 0 Å². The van der Waals surface area contributed by atoms with E-state index in [1.54, 1.807) is 25.4 Å². The summed E-state index contributed by atoms with van der Waals surface area (Å²) in [5.74, 6) is 1.24. The summed E-state index contributed by atoms with van der Waals surface area (Å²) in [5, 5.41) is 0. The first-order chi connectivity index (χ1) is 14.1. The highest BCUT2D eigenvalue weighted by atomic mass is 16.6. The molecule has 150 valence electrons. The smallest absolute Gasteiger partial charge is 0.340 e. The van der Waals surface area contributed by atoms with Gasteiger partial charge in [-0.15, -0.1) is 0 Å². The Labute approximate surface area is 170 Å². The number of methoxy groups -OCH3 is 1. The minimum atomic E-state index is -0.363. The molecule has 3 atom stereocenters. The van der Waals surface area contributed by atoms with Crippen LogP contribution in [0.4, 0.5) is 0 Å². The predicted molar refractivity (Wildman–Crippen MR) is 107 cm³/mol. The van der Waals surface area contributed by atoms with Crippen molar-refractivity contribution in [2.24, 2.45) is 0 Å². The molecule has 0 saturated heterocycles. The molecule has 0 fully saturated rings. The van der Waals surface area contributed by atoms with Crippen LogP contribution in [0.2, 0.25) is 0 Å². The van der Waals surface area contributed by atoms with E-state index in [0.29, 0.717) is 12.0 Å². The summed E-state index contributed by atoms with van der Waals surface area (Å²) in [6.45, 7) is 1.86. The van der Waals surface area contributed by atoms with Crippen molar-refractivity contribution >= 4 is 5.97 Å². The SMILES string of the molecule is COc1ccc2c3c1O[C@H]1C[C@@H](OC(=O)c4cccnc4)C=CC31CCN(C)C2. The van der Waals surface area contributed by atoms with Crippen LogP contribution in [-0.2, 0) is 16.7 Å². The number of aromatic nitrogens is 1. The summed E-state index contributed by atoms with van der Waals surface area (Å²) in [4.78, 5) is 18.8. The second-order valence-corrected chi connectivity index (χ2v) is 8.05. The van der Waals surface area contributed by atoms with Gasteiger partial charge in [-0.3, -0.25) is 4.98 Å². The molecule has 0 radical (unpaired) electrons. The number of benzene rings is 1. The summed E-state index contributed by atoms with van der Waals surface area (Å²) >= 11 is 0. The van der Waals surface area contributed by atoms with Crippen molar-refractivity contribution in [1.82, 2.24) is 9.88 Å². The highest BCUT2D eigenvalue weighted by Gasteiger charge is 2.53. The Hall–Kier alpha value is -2.86. The third-order valence-corrected chi connectivity index (χ3v) is 6.29. The van der Waals surface area contributed by atoms with Gasteiger partial charge in [0.2, 0.25) is 0 Å². The first-order valence-corrected chi connectivity index (χ1v) is 9.96. The zero-order chi connectivity index (χ0) is 20.0. The molecule has 0 amide bonds. The molecular formula is C23H24N2O4. The second-order valence-electron chi connectivity index (χ2n) is 8.05. The number of esters is 1. The van der Waals surface area contributed by atoms with Gasteiger partial charge in [-0.05, 0) is 49.9 Å². The Bertz CT molecular complexity index is 974. The molecule has 0 saturated carbocycles. The van der Waals surface area contributed by atoms with Crippen molar-refractivity contribution in [1.29, 1.82) is 0 Å². The van der Waals surface area contributed by atoms with Crippen molar-refractivity contribution < 1.29 is 19.0 Å². The lowest BCUT2D eigenvalue weighted by Crippen LogP contribution is -2.43. The van der Waals surface area contributed by atoms with Crippen LogP contribution >= 0.6 is 0 Å². The maximum absolute atomic E-state index is 12.5. The molecule has 1 aliphatic carbocycles. The molecule has 29 heavy (non-hydrogen) atoms. The standard InChI is InChI=1S/C23H24N2O4/c1-25-11-9-23-8-7-17(28-22(26)15-4-3-10-24-13-15)12-19(23)29-21-18(27-2)6-5-16(14-25)20(21)23/h3-8,10,13,17,19H,9,11-12,14H2,1-2H3/t17-,19-,23?/m0/s1. The van der Waals surface area contributed by atoms with Crippen LogP contribution < -0.4 is 9.47 Å². The van der Waals surface area contributed by atoms with Crippen molar-refractivity contribution in [3.05, 3.63) is 65.5 Å². The molecule has 3 aliphatic rings. The van der Waals surface area contributed by atoms with Gasteiger partial charge in [-0.25, -0.2) is 4.79 Å². The van der Waals surface area contributed by atoms with E-state index in [0.717, 1.165) is 31.0 Å². The van der Waals surface area contributed by atoms with E-state index >= 15 is 0 Å². The number of carbonyl (C=O) groups is 1. The molecule has 2 aliphatic heterocycles. The first kappa shape index (κ1) is 18.2. The summed E-state index contributed by atoms with van der Waals surface area (Å²) in [5.41, 5.74) is 2.76. The van der Waals surface area contributed by atoms with Crippen LogP contribution in [0, 0.1) is 0 Å². The number of hydrogen-bond acceptors (Lipinski definition) is 6. The summed E-state index contributed by atoms with van der Waals surface area (Å²) in [7, 11) is 3.82. The predicted octanol–water partition coefficient (Wildman–Crippen LogP) is 3.11. The maximum Gasteiger partial charge on any atom is 0.340 e. The van der Waals surface area contributed by atoms with Crippen molar-refractivity contribution in [2.75, 3.05) is 20.7 Å². The second kappa shape index (κ2) is 6.88. The highest BCUT2D eigenvalue weighted by Crippen LogP contribution is 2.55. The van der Waals surface area contributed by atoms with Gasteiger partial charge < -0.3 is 19.1 Å². The Morgan fingerprint density at radius 1 is 1.34 bits per heavy atom. The third-order valence-electron chi connectivity index (χ3n) is 6.29. The molecule has 2 aromatic rings.